The lowest BCUT2D eigenvalue weighted by Gasteiger charge is -2.43. The summed E-state index contributed by atoms with van der Waals surface area (Å²) in [5.74, 6) is 0. The van der Waals surface area contributed by atoms with E-state index in [1.54, 1.807) is 0 Å². The molecule has 1 aliphatic rings. The van der Waals surface area contributed by atoms with Gasteiger partial charge in [0.1, 0.15) is 6.29 Å². The molecule has 19 heavy (non-hydrogen) atoms. The van der Waals surface area contributed by atoms with Crippen LogP contribution >= 0.6 is 0 Å². The van der Waals surface area contributed by atoms with E-state index in [1.165, 1.54) is 5.56 Å². The summed E-state index contributed by atoms with van der Waals surface area (Å²) >= 11 is 0. The van der Waals surface area contributed by atoms with Crippen LogP contribution in [0.5, 0.6) is 0 Å². The molecule has 1 N–H and O–H groups in total. The number of rotatable bonds is 5. The van der Waals surface area contributed by atoms with Gasteiger partial charge in [-0.25, -0.2) is 0 Å². The molecule has 1 aliphatic heterocycles. The average Bonchev–Trinajstić information content (AvgIpc) is 2.43. The fourth-order valence-corrected chi connectivity index (χ4v) is 2.59. The van der Waals surface area contributed by atoms with Gasteiger partial charge in [0.05, 0.1) is 18.8 Å². The number of hydrogen-bond donors (Lipinski definition) is 1. The van der Waals surface area contributed by atoms with E-state index in [0.717, 1.165) is 6.29 Å². The van der Waals surface area contributed by atoms with Crippen LogP contribution < -0.4 is 0 Å². The first-order valence-electron chi connectivity index (χ1n) is 6.73. The van der Waals surface area contributed by atoms with Crippen molar-refractivity contribution < 1.29 is 14.6 Å². The van der Waals surface area contributed by atoms with Gasteiger partial charge in [0.25, 0.3) is 0 Å². The lowest BCUT2D eigenvalue weighted by molar-refractivity contribution is -0.135. The van der Waals surface area contributed by atoms with E-state index in [2.05, 4.69) is 17.0 Å². The number of aliphatic hydroxyl groups excluding tert-OH is 1. The lowest BCUT2D eigenvalue weighted by atomic mass is 10.0. The third-order valence-corrected chi connectivity index (χ3v) is 3.69. The molecule has 4 heteroatoms. The molecular weight excluding hydrogens is 242 g/mol. The summed E-state index contributed by atoms with van der Waals surface area (Å²) < 4.78 is 5.63. The standard InChI is InChI=1S/C15H21NO3/c1-12-15(10-18)16(14(7-8-17)11-19-12)9-13-5-3-2-4-6-13/h2-6,10,12,14-15,17H,7-9,11H2,1H3/t12?,14-,15?/m0/s1. The number of aliphatic hydroxyl groups is 1. The van der Waals surface area contributed by atoms with E-state index in [0.29, 0.717) is 19.6 Å². The Morgan fingerprint density at radius 2 is 2.16 bits per heavy atom. The van der Waals surface area contributed by atoms with Crippen molar-refractivity contribution in [1.82, 2.24) is 4.90 Å². The van der Waals surface area contributed by atoms with Gasteiger partial charge in [0.15, 0.2) is 0 Å². The molecule has 2 unspecified atom stereocenters. The molecular formula is C15H21NO3. The van der Waals surface area contributed by atoms with Gasteiger partial charge < -0.3 is 14.6 Å². The Hall–Kier alpha value is -1.23. The van der Waals surface area contributed by atoms with Crippen LogP contribution in [0.15, 0.2) is 30.3 Å². The van der Waals surface area contributed by atoms with Crippen LogP contribution in [0.25, 0.3) is 0 Å². The number of carbonyl (C=O) groups excluding carboxylic acids is 1. The van der Waals surface area contributed by atoms with Crippen LogP contribution in [-0.4, -0.2) is 47.7 Å². The third kappa shape index (κ3) is 3.41. The van der Waals surface area contributed by atoms with Gasteiger partial charge in [-0.1, -0.05) is 30.3 Å². The molecule has 1 aromatic carbocycles. The zero-order valence-electron chi connectivity index (χ0n) is 11.2. The van der Waals surface area contributed by atoms with E-state index in [4.69, 9.17) is 9.84 Å². The van der Waals surface area contributed by atoms with E-state index >= 15 is 0 Å². The molecule has 0 amide bonds. The Morgan fingerprint density at radius 1 is 1.42 bits per heavy atom. The van der Waals surface area contributed by atoms with Gasteiger partial charge in [-0.15, -0.1) is 0 Å². The quantitative estimate of drug-likeness (QED) is 0.812. The van der Waals surface area contributed by atoms with Gasteiger partial charge in [-0.3, -0.25) is 4.90 Å². The Morgan fingerprint density at radius 3 is 2.79 bits per heavy atom. The zero-order chi connectivity index (χ0) is 13.7. The second-order valence-corrected chi connectivity index (χ2v) is 4.99. The van der Waals surface area contributed by atoms with Crippen molar-refractivity contribution in [3.63, 3.8) is 0 Å². The first kappa shape index (κ1) is 14.2. The fourth-order valence-electron chi connectivity index (χ4n) is 2.59. The molecule has 1 fully saturated rings. The molecule has 1 saturated heterocycles. The Kier molecular flexibility index (Phi) is 5.07. The maximum atomic E-state index is 11.3. The zero-order valence-corrected chi connectivity index (χ0v) is 11.2. The Balaban J connectivity index is 2.15. The van der Waals surface area contributed by atoms with Crippen molar-refractivity contribution in [2.75, 3.05) is 13.2 Å². The van der Waals surface area contributed by atoms with Crippen molar-refractivity contribution >= 4 is 6.29 Å². The van der Waals surface area contributed by atoms with Crippen LogP contribution in [0.4, 0.5) is 0 Å². The Bertz CT molecular complexity index is 396. The predicted octanol–water partition coefficient (Wildman–Crippen LogP) is 1.23. The average molecular weight is 263 g/mol. The van der Waals surface area contributed by atoms with E-state index < -0.39 is 0 Å². The molecule has 0 aromatic heterocycles. The number of nitrogens with zero attached hydrogens (tertiary/aromatic N) is 1. The summed E-state index contributed by atoms with van der Waals surface area (Å²) in [6, 6.07) is 9.93. The molecule has 0 spiro atoms. The number of ether oxygens (including phenoxy) is 1. The van der Waals surface area contributed by atoms with Crippen LogP contribution in [0.2, 0.25) is 0 Å². The number of benzene rings is 1. The molecule has 0 aliphatic carbocycles. The van der Waals surface area contributed by atoms with Crippen molar-refractivity contribution in [2.24, 2.45) is 0 Å². The summed E-state index contributed by atoms with van der Waals surface area (Å²) in [4.78, 5) is 13.5. The lowest BCUT2D eigenvalue weighted by Crippen LogP contribution is -2.56. The number of hydrogen-bond acceptors (Lipinski definition) is 4. The predicted molar refractivity (Wildman–Crippen MR) is 72.7 cm³/mol. The van der Waals surface area contributed by atoms with Crippen LogP contribution in [0.1, 0.15) is 18.9 Å². The summed E-state index contributed by atoms with van der Waals surface area (Å²) in [6.07, 6.45) is 1.48. The SMILES string of the molecule is CC1OC[C@H](CCO)N(Cc2ccccc2)C1C=O. The number of carbonyl (C=O) groups is 1. The summed E-state index contributed by atoms with van der Waals surface area (Å²) in [7, 11) is 0. The molecule has 1 heterocycles. The topological polar surface area (TPSA) is 49.8 Å². The van der Waals surface area contributed by atoms with Gasteiger partial charge in [-0.05, 0) is 18.9 Å². The van der Waals surface area contributed by atoms with Crippen LogP contribution in [0, 0.1) is 0 Å². The number of aldehydes is 1. The summed E-state index contributed by atoms with van der Waals surface area (Å²) in [5, 5.41) is 9.16. The summed E-state index contributed by atoms with van der Waals surface area (Å²) in [5.41, 5.74) is 1.17. The van der Waals surface area contributed by atoms with E-state index in [9.17, 15) is 4.79 Å². The molecule has 0 bridgehead atoms. The first-order chi connectivity index (χ1) is 9.26. The summed E-state index contributed by atoms with van der Waals surface area (Å²) in [6.45, 7) is 3.31. The largest absolute Gasteiger partial charge is 0.396 e. The van der Waals surface area contributed by atoms with Gasteiger partial charge in [0, 0.05) is 19.2 Å². The first-order valence-corrected chi connectivity index (χ1v) is 6.73. The molecule has 0 radical (unpaired) electrons. The maximum absolute atomic E-state index is 11.3. The van der Waals surface area contributed by atoms with E-state index in [1.807, 2.05) is 25.1 Å². The highest BCUT2D eigenvalue weighted by Gasteiger charge is 2.35. The van der Waals surface area contributed by atoms with Gasteiger partial charge in [-0.2, -0.15) is 0 Å². The van der Waals surface area contributed by atoms with Gasteiger partial charge in [0.2, 0.25) is 0 Å². The molecule has 0 saturated carbocycles. The molecule has 2 rings (SSSR count). The second-order valence-electron chi connectivity index (χ2n) is 4.99. The van der Waals surface area contributed by atoms with Crippen molar-refractivity contribution in [3.05, 3.63) is 35.9 Å². The van der Waals surface area contributed by atoms with Crippen molar-refractivity contribution in [3.8, 4) is 0 Å². The minimum absolute atomic E-state index is 0.0941. The third-order valence-electron chi connectivity index (χ3n) is 3.69. The van der Waals surface area contributed by atoms with Crippen molar-refractivity contribution in [1.29, 1.82) is 0 Å². The number of morpholine rings is 1. The molecule has 4 nitrogen and oxygen atoms in total. The molecule has 104 valence electrons. The van der Waals surface area contributed by atoms with Crippen LogP contribution in [0.3, 0.4) is 0 Å². The smallest absolute Gasteiger partial charge is 0.139 e. The second kappa shape index (κ2) is 6.80. The minimum Gasteiger partial charge on any atom is -0.396 e. The minimum atomic E-state index is -0.245. The van der Waals surface area contributed by atoms with E-state index in [-0.39, 0.29) is 24.8 Å². The highest BCUT2D eigenvalue weighted by atomic mass is 16.5. The monoisotopic (exact) mass is 263 g/mol. The Labute approximate surface area is 114 Å². The molecule has 3 atom stereocenters. The highest BCUT2D eigenvalue weighted by molar-refractivity contribution is 5.59. The fraction of sp³-hybridized carbons (Fsp3) is 0.533. The van der Waals surface area contributed by atoms with Gasteiger partial charge >= 0.3 is 0 Å². The van der Waals surface area contributed by atoms with Crippen molar-refractivity contribution in [2.45, 2.75) is 38.1 Å². The maximum Gasteiger partial charge on any atom is 0.139 e. The highest BCUT2D eigenvalue weighted by Crippen LogP contribution is 2.22. The van der Waals surface area contributed by atoms with Crippen LogP contribution in [-0.2, 0) is 16.1 Å². The normalized spacial score (nSPS) is 28.2. The molecule has 1 aromatic rings.